The minimum absolute atomic E-state index is 0.123. The molecule has 1 aromatic rings. The first kappa shape index (κ1) is 13.2. The van der Waals surface area contributed by atoms with Crippen LogP contribution >= 0.6 is 0 Å². The Labute approximate surface area is 110 Å². The highest BCUT2D eigenvalue weighted by Gasteiger charge is 2.50. The molecule has 1 amide bonds. The zero-order chi connectivity index (χ0) is 14.0. The number of hydrogen-bond acceptors (Lipinski definition) is 4. The Hall–Kier alpha value is -2.24. The topological polar surface area (TPSA) is 102 Å². The summed E-state index contributed by atoms with van der Waals surface area (Å²) in [7, 11) is 1.50. The van der Waals surface area contributed by atoms with Gasteiger partial charge in [0.2, 0.25) is 0 Å². The van der Waals surface area contributed by atoms with Crippen molar-refractivity contribution in [1.29, 1.82) is 0 Å². The average molecular weight is 264 g/mol. The maximum atomic E-state index is 12.0. The highest BCUT2D eigenvalue weighted by molar-refractivity contribution is 5.99. The van der Waals surface area contributed by atoms with Gasteiger partial charge in [-0.3, -0.25) is 9.59 Å². The van der Waals surface area contributed by atoms with Crippen LogP contribution in [0.25, 0.3) is 0 Å². The number of carbonyl (C=O) groups excluding carboxylic acids is 1. The summed E-state index contributed by atoms with van der Waals surface area (Å²) in [6.07, 6.45) is 1.19. The van der Waals surface area contributed by atoms with Crippen LogP contribution in [0.5, 0.6) is 5.75 Å². The molecule has 1 saturated carbocycles. The van der Waals surface area contributed by atoms with Crippen LogP contribution in [-0.4, -0.2) is 30.6 Å². The van der Waals surface area contributed by atoms with E-state index in [0.717, 1.165) is 0 Å². The first-order valence-electron chi connectivity index (χ1n) is 5.94. The van der Waals surface area contributed by atoms with Gasteiger partial charge < -0.3 is 20.9 Å². The van der Waals surface area contributed by atoms with E-state index in [1.165, 1.54) is 13.2 Å². The Balaban J connectivity index is 2.06. The molecule has 0 bridgehead atoms. The zero-order valence-corrected chi connectivity index (χ0v) is 10.6. The standard InChI is InChI=1S/C13H16N2O4/c1-19-8-2-3-10(14)9(6-8)11(16)15-7-13(4-5-13)12(17)18/h2-3,6H,4-5,7,14H2,1H3,(H,15,16)(H,17,18). The molecule has 6 nitrogen and oxygen atoms in total. The third-order valence-corrected chi connectivity index (χ3v) is 3.40. The molecule has 19 heavy (non-hydrogen) atoms. The third-order valence-electron chi connectivity index (χ3n) is 3.40. The molecule has 1 aliphatic carbocycles. The molecule has 0 radical (unpaired) electrons. The zero-order valence-electron chi connectivity index (χ0n) is 10.6. The molecule has 1 aliphatic rings. The predicted molar refractivity (Wildman–Crippen MR) is 69.0 cm³/mol. The number of amides is 1. The average Bonchev–Trinajstić information content (AvgIpc) is 3.18. The fraction of sp³-hybridized carbons (Fsp3) is 0.385. The van der Waals surface area contributed by atoms with E-state index in [1.54, 1.807) is 12.1 Å². The summed E-state index contributed by atoms with van der Waals surface area (Å²) in [6.45, 7) is 0.123. The smallest absolute Gasteiger partial charge is 0.311 e. The lowest BCUT2D eigenvalue weighted by atomic mass is 10.1. The molecule has 6 heteroatoms. The van der Waals surface area contributed by atoms with Crippen molar-refractivity contribution in [2.75, 3.05) is 19.4 Å². The highest BCUT2D eigenvalue weighted by Crippen LogP contribution is 2.45. The molecular formula is C13H16N2O4. The van der Waals surface area contributed by atoms with Gasteiger partial charge in [0.25, 0.3) is 5.91 Å². The van der Waals surface area contributed by atoms with Crippen molar-refractivity contribution in [3.63, 3.8) is 0 Å². The lowest BCUT2D eigenvalue weighted by Gasteiger charge is -2.12. The largest absolute Gasteiger partial charge is 0.497 e. The van der Waals surface area contributed by atoms with Crippen LogP contribution in [0.1, 0.15) is 23.2 Å². The van der Waals surface area contributed by atoms with E-state index < -0.39 is 11.4 Å². The number of carbonyl (C=O) groups is 2. The van der Waals surface area contributed by atoms with Crippen molar-refractivity contribution in [2.24, 2.45) is 5.41 Å². The number of nitrogens with two attached hydrogens (primary N) is 1. The van der Waals surface area contributed by atoms with Gasteiger partial charge in [-0.25, -0.2) is 0 Å². The fourth-order valence-corrected chi connectivity index (χ4v) is 1.82. The van der Waals surface area contributed by atoms with Gasteiger partial charge in [-0.2, -0.15) is 0 Å². The minimum atomic E-state index is -0.869. The van der Waals surface area contributed by atoms with Gasteiger partial charge in [-0.1, -0.05) is 0 Å². The molecule has 102 valence electrons. The molecule has 0 heterocycles. The SMILES string of the molecule is COc1ccc(N)c(C(=O)NCC2(C(=O)O)CC2)c1. The number of nitrogens with one attached hydrogen (secondary N) is 1. The third kappa shape index (κ3) is 2.62. The number of anilines is 1. The van der Waals surface area contributed by atoms with Crippen LogP contribution in [0.4, 0.5) is 5.69 Å². The van der Waals surface area contributed by atoms with E-state index in [1.807, 2.05) is 0 Å². The van der Waals surface area contributed by atoms with Crippen molar-refractivity contribution in [1.82, 2.24) is 5.32 Å². The Morgan fingerprint density at radius 3 is 2.68 bits per heavy atom. The lowest BCUT2D eigenvalue weighted by molar-refractivity contribution is -0.143. The van der Waals surface area contributed by atoms with Crippen LogP contribution in [0.15, 0.2) is 18.2 Å². The van der Waals surface area contributed by atoms with E-state index >= 15 is 0 Å². The number of methoxy groups -OCH3 is 1. The van der Waals surface area contributed by atoms with E-state index in [2.05, 4.69) is 5.32 Å². The Morgan fingerprint density at radius 2 is 2.16 bits per heavy atom. The normalized spacial score (nSPS) is 15.6. The molecule has 0 spiro atoms. The van der Waals surface area contributed by atoms with Crippen LogP contribution in [0.2, 0.25) is 0 Å². The summed E-state index contributed by atoms with van der Waals surface area (Å²) in [5.41, 5.74) is 5.56. The minimum Gasteiger partial charge on any atom is -0.497 e. The van der Waals surface area contributed by atoms with Crippen molar-refractivity contribution < 1.29 is 19.4 Å². The summed E-state index contributed by atoms with van der Waals surface area (Å²) in [4.78, 5) is 23.0. The molecule has 1 aromatic carbocycles. The van der Waals surface area contributed by atoms with Crippen molar-refractivity contribution >= 4 is 17.6 Å². The van der Waals surface area contributed by atoms with Crippen molar-refractivity contribution in [3.8, 4) is 5.75 Å². The number of rotatable bonds is 5. The molecule has 0 saturated heterocycles. The number of hydrogen-bond donors (Lipinski definition) is 3. The number of ether oxygens (including phenoxy) is 1. The fourth-order valence-electron chi connectivity index (χ4n) is 1.82. The second kappa shape index (κ2) is 4.79. The van der Waals surface area contributed by atoms with Gasteiger partial charge in [0.05, 0.1) is 18.1 Å². The number of carboxylic acid groups (broad SMARTS) is 1. The van der Waals surface area contributed by atoms with Crippen LogP contribution < -0.4 is 15.8 Å². The van der Waals surface area contributed by atoms with Gasteiger partial charge in [0.15, 0.2) is 0 Å². The predicted octanol–water partition coefficient (Wildman–Crippen LogP) is 0.872. The van der Waals surface area contributed by atoms with E-state index in [4.69, 9.17) is 15.6 Å². The summed E-state index contributed by atoms with van der Waals surface area (Å²) in [5, 5.41) is 11.6. The maximum Gasteiger partial charge on any atom is 0.311 e. The monoisotopic (exact) mass is 264 g/mol. The number of aliphatic carboxylic acids is 1. The van der Waals surface area contributed by atoms with Crippen LogP contribution in [0.3, 0.4) is 0 Å². The first-order valence-corrected chi connectivity index (χ1v) is 5.94. The van der Waals surface area contributed by atoms with Crippen LogP contribution in [-0.2, 0) is 4.79 Å². The van der Waals surface area contributed by atoms with E-state index in [9.17, 15) is 9.59 Å². The molecule has 0 aromatic heterocycles. The molecular weight excluding hydrogens is 248 g/mol. The van der Waals surface area contributed by atoms with Gasteiger partial charge in [0.1, 0.15) is 5.75 Å². The van der Waals surface area contributed by atoms with Gasteiger partial charge in [-0.05, 0) is 31.0 Å². The molecule has 0 atom stereocenters. The van der Waals surface area contributed by atoms with E-state index in [0.29, 0.717) is 29.8 Å². The molecule has 0 aliphatic heterocycles. The quantitative estimate of drug-likeness (QED) is 0.685. The Morgan fingerprint density at radius 1 is 1.47 bits per heavy atom. The van der Waals surface area contributed by atoms with Gasteiger partial charge in [0, 0.05) is 12.2 Å². The number of carboxylic acids is 1. The first-order chi connectivity index (χ1) is 8.98. The van der Waals surface area contributed by atoms with Crippen LogP contribution in [0, 0.1) is 5.41 Å². The highest BCUT2D eigenvalue weighted by atomic mass is 16.5. The second-order valence-electron chi connectivity index (χ2n) is 4.72. The Kier molecular flexibility index (Phi) is 3.33. The number of nitrogen functional groups attached to an aromatic ring is 1. The van der Waals surface area contributed by atoms with Gasteiger partial charge >= 0.3 is 5.97 Å². The Bertz CT molecular complexity index is 523. The maximum absolute atomic E-state index is 12.0. The molecule has 4 N–H and O–H groups in total. The van der Waals surface area contributed by atoms with E-state index in [-0.39, 0.29) is 12.5 Å². The summed E-state index contributed by atoms with van der Waals surface area (Å²) in [6, 6.07) is 4.77. The number of benzene rings is 1. The summed E-state index contributed by atoms with van der Waals surface area (Å²) < 4.78 is 5.03. The molecule has 0 unspecified atom stereocenters. The molecule has 1 fully saturated rings. The van der Waals surface area contributed by atoms with Crippen molar-refractivity contribution in [2.45, 2.75) is 12.8 Å². The lowest BCUT2D eigenvalue weighted by Crippen LogP contribution is -2.34. The van der Waals surface area contributed by atoms with Crippen molar-refractivity contribution in [3.05, 3.63) is 23.8 Å². The second-order valence-corrected chi connectivity index (χ2v) is 4.72. The molecule has 2 rings (SSSR count). The summed E-state index contributed by atoms with van der Waals surface area (Å²) in [5.74, 6) is -0.728. The summed E-state index contributed by atoms with van der Waals surface area (Å²) >= 11 is 0. The van der Waals surface area contributed by atoms with Gasteiger partial charge in [-0.15, -0.1) is 0 Å².